The quantitative estimate of drug-likeness (QED) is 0.581. The van der Waals surface area contributed by atoms with E-state index in [0.717, 1.165) is 0 Å². The minimum Gasteiger partial charge on any atom is -0.390 e. The molecule has 78 valence electrons. The van der Waals surface area contributed by atoms with Crippen LogP contribution in [0.25, 0.3) is 0 Å². The van der Waals surface area contributed by atoms with Crippen molar-refractivity contribution in [3.63, 3.8) is 0 Å². The second-order valence-corrected chi connectivity index (χ2v) is 3.50. The Morgan fingerprint density at radius 2 is 2.43 bits per heavy atom. The number of carbonyl (C=O) groups excluding carboxylic acids is 1. The number of carbonyl (C=O) groups is 1. The minimum absolute atomic E-state index is 0.00398. The van der Waals surface area contributed by atoms with Crippen LogP contribution in [0, 0.1) is 12.3 Å². The van der Waals surface area contributed by atoms with Gasteiger partial charge in [-0.25, -0.2) is 0 Å². The monoisotopic (exact) mass is 196 g/mol. The number of aliphatic hydroxyl groups excluding tert-OH is 1. The third-order valence-electron chi connectivity index (χ3n) is 2.53. The predicted octanol–water partition coefficient (Wildman–Crippen LogP) is -0.809. The highest BCUT2D eigenvalue weighted by Gasteiger charge is 2.30. The Bertz CT molecular complexity index is 247. The molecule has 0 aromatic carbocycles. The van der Waals surface area contributed by atoms with Crippen molar-refractivity contribution in [1.29, 1.82) is 0 Å². The van der Waals surface area contributed by atoms with E-state index in [0.29, 0.717) is 25.9 Å². The van der Waals surface area contributed by atoms with E-state index in [4.69, 9.17) is 6.42 Å². The second kappa shape index (κ2) is 4.99. The highest BCUT2D eigenvalue weighted by Crippen LogP contribution is 2.09. The van der Waals surface area contributed by atoms with Crippen LogP contribution in [-0.4, -0.2) is 48.2 Å². The Labute approximate surface area is 84.3 Å². The zero-order valence-electron chi connectivity index (χ0n) is 8.36. The average molecular weight is 196 g/mol. The zero-order chi connectivity index (χ0) is 10.6. The van der Waals surface area contributed by atoms with Gasteiger partial charge in [0.2, 0.25) is 5.91 Å². The van der Waals surface area contributed by atoms with Crippen molar-refractivity contribution >= 4 is 5.91 Å². The van der Waals surface area contributed by atoms with Gasteiger partial charge in [0.05, 0.1) is 12.1 Å². The van der Waals surface area contributed by atoms with Crippen LogP contribution in [0.3, 0.4) is 0 Å². The van der Waals surface area contributed by atoms with Gasteiger partial charge in [-0.2, -0.15) is 0 Å². The van der Waals surface area contributed by atoms with Crippen LogP contribution in [0.2, 0.25) is 0 Å². The molecule has 1 heterocycles. The molecule has 2 N–H and O–H groups in total. The summed E-state index contributed by atoms with van der Waals surface area (Å²) in [5.74, 6) is 2.43. The highest BCUT2D eigenvalue weighted by molar-refractivity contribution is 5.76. The molecule has 0 aromatic heterocycles. The molecule has 4 heteroatoms. The Morgan fingerprint density at radius 3 is 2.93 bits per heavy atom. The van der Waals surface area contributed by atoms with E-state index in [9.17, 15) is 9.90 Å². The molecule has 1 amide bonds. The molecule has 0 spiro atoms. The van der Waals surface area contributed by atoms with Crippen molar-refractivity contribution in [2.24, 2.45) is 0 Å². The van der Waals surface area contributed by atoms with Gasteiger partial charge < -0.3 is 15.3 Å². The van der Waals surface area contributed by atoms with Gasteiger partial charge in [0.25, 0.3) is 0 Å². The van der Waals surface area contributed by atoms with E-state index in [-0.39, 0.29) is 11.9 Å². The van der Waals surface area contributed by atoms with Gasteiger partial charge in [0.15, 0.2) is 0 Å². The third-order valence-corrected chi connectivity index (χ3v) is 2.53. The number of hydrogen-bond acceptors (Lipinski definition) is 3. The van der Waals surface area contributed by atoms with E-state index in [1.807, 2.05) is 0 Å². The fourth-order valence-corrected chi connectivity index (χ4v) is 1.59. The number of nitrogens with zero attached hydrogens (tertiary/aromatic N) is 1. The average Bonchev–Trinajstić information content (AvgIpc) is 2.59. The Kier molecular flexibility index (Phi) is 3.93. The molecule has 0 radical (unpaired) electrons. The van der Waals surface area contributed by atoms with Gasteiger partial charge in [-0.1, -0.05) is 0 Å². The van der Waals surface area contributed by atoms with Gasteiger partial charge in [0.1, 0.15) is 0 Å². The van der Waals surface area contributed by atoms with Crippen LogP contribution in [-0.2, 0) is 4.79 Å². The van der Waals surface area contributed by atoms with Crippen LogP contribution in [0.4, 0.5) is 0 Å². The summed E-state index contributed by atoms with van der Waals surface area (Å²) in [5.41, 5.74) is 0. The topological polar surface area (TPSA) is 52.6 Å². The maximum Gasteiger partial charge on any atom is 0.223 e. The van der Waals surface area contributed by atoms with Crippen LogP contribution in [0.1, 0.15) is 12.8 Å². The fraction of sp³-hybridized carbons (Fsp3) is 0.700. The predicted molar refractivity (Wildman–Crippen MR) is 53.5 cm³/mol. The minimum atomic E-state index is -0.463. The fourth-order valence-electron chi connectivity index (χ4n) is 1.59. The summed E-state index contributed by atoms with van der Waals surface area (Å²) in [4.78, 5) is 13.1. The van der Waals surface area contributed by atoms with Crippen molar-refractivity contribution in [2.75, 3.05) is 20.1 Å². The van der Waals surface area contributed by atoms with Gasteiger partial charge in [-0.3, -0.25) is 4.79 Å². The summed E-state index contributed by atoms with van der Waals surface area (Å²) in [7, 11) is 1.71. The van der Waals surface area contributed by atoms with E-state index in [2.05, 4.69) is 11.2 Å². The lowest BCUT2D eigenvalue weighted by molar-refractivity contribution is -0.133. The summed E-state index contributed by atoms with van der Waals surface area (Å²) in [6.45, 7) is 1.21. The summed E-state index contributed by atoms with van der Waals surface area (Å²) >= 11 is 0. The van der Waals surface area contributed by atoms with Gasteiger partial charge in [0, 0.05) is 33.0 Å². The number of terminal acetylenes is 1. The number of likely N-dealkylation sites (N-methyl/N-ethyl adjacent to an activating group) is 1. The first-order chi connectivity index (χ1) is 6.66. The lowest BCUT2D eigenvalue weighted by Crippen LogP contribution is -2.44. The molecule has 0 aromatic rings. The normalized spacial score (nSPS) is 25.8. The standard InChI is InChI=1S/C10H16N2O2/c1-3-4-5-10(14)12(2)8-6-11-7-9(8)13/h1,8-9,11,13H,4-7H2,2H3/t8-,9-/m1/s1. The maximum atomic E-state index is 11.5. The SMILES string of the molecule is C#CCCC(=O)N(C)[C@@H]1CNC[C@H]1O. The molecular weight excluding hydrogens is 180 g/mol. The molecule has 4 nitrogen and oxygen atoms in total. The Morgan fingerprint density at radius 1 is 1.71 bits per heavy atom. The van der Waals surface area contributed by atoms with Crippen molar-refractivity contribution in [1.82, 2.24) is 10.2 Å². The summed E-state index contributed by atoms with van der Waals surface area (Å²) in [5, 5.41) is 12.6. The first kappa shape index (κ1) is 11.0. The van der Waals surface area contributed by atoms with Crippen LogP contribution >= 0.6 is 0 Å². The lowest BCUT2D eigenvalue weighted by atomic mass is 10.1. The number of hydrogen-bond donors (Lipinski definition) is 2. The zero-order valence-corrected chi connectivity index (χ0v) is 8.36. The molecule has 1 rings (SSSR count). The van der Waals surface area contributed by atoms with Crippen molar-refractivity contribution in [3.8, 4) is 12.3 Å². The molecule has 0 saturated carbocycles. The Hall–Kier alpha value is -1.05. The molecule has 14 heavy (non-hydrogen) atoms. The number of amides is 1. The number of β-amino-alcohol motifs (C(OH)–C–C–N with tert-alkyl or cyclic N) is 1. The molecule has 0 unspecified atom stereocenters. The van der Waals surface area contributed by atoms with E-state index in [1.54, 1.807) is 11.9 Å². The van der Waals surface area contributed by atoms with Crippen molar-refractivity contribution in [2.45, 2.75) is 25.0 Å². The maximum absolute atomic E-state index is 11.5. The van der Waals surface area contributed by atoms with Gasteiger partial charge >= 0.3 is 0 Å². The molecule has 0 aliphatic carbocycles. The first-order valence-electron chi connectivity index (χ1n) is 4.74. The number of nitrogens with one attached hydrogen (secondary N) is 1. The summed E-state index contributed by atoms with van der Waals surface area (Å²) < 4.78 is 0. The lowest BCUT2D eigenvalue weighted by Gasteiger charge is -2.26. The molecule has 0 bridgehead atoms. The van der Waals surface area contributed by atoms with Crippen molar-refractivity contribution < 1.29 is 9.90 Å². The van der Waals surface area contributed by atoms with E-state index >= 15 is 0 Å². The van der Waals surface area contributed by atoms with E-state index < -0.39 is 6.10 Å². The Balaban J connectivity index is 2.43. The third kappa shape index (κ3) is 2.47. The highest BCUT2D eigenvalue weighted by atomic mass is 16.3. The van der Waals surface area contributed by atoms with E-state index in [1.165, 1.54) is 0 Å². The number of aliphatic hydroxyl groups is 1. The van der Waals surface area contributed by atoms with Gasteiger partial charge in [-0.15, -0.1) is 12.3 Å². The van der Waals surface area contributed by atoms with Crippen LogP contribution in [0.5, 0.6) is 0 Å². The summed E-state index contributed by atoms with van der Waals surface area (Å²) in [6.07, 6.45) is 5.43. The number of rotatable bonds is 3. The smallest absolute Gasteiger partial charge is 0.223 e. The molecule has 1 aliphatic rings. The van der Waals surface area contributed by atoms with Gasteiger partial charge in [-0.05, 0) is 0 Å². The molecule has 2 atom stereocenters. The van der Waals surface area contributed by atoms with Crippen molar-refractivity contribution in [3.05, 3.63) is 0 Å². The van der Waals surface area contributed by atoms with Crippen LogP contribution in [0.15, 0.2) is 0 Å². The van der Waals surface area contributed by atoms with Crippen LogP contribution < -0.4 is 5.32 Å². The molecule has 1 saturated heterocycles. The molecule has 1 aliphatic heterocycles. The largest absolute Gasteiger partial charge is 0.390 e. The second-order valence-electron chi connectivity index (χ2n) is 3.50. The molecular formula is C10H16N2O2. The first-order valence-corrected chi connectivity index (χ1v) is 4.74. The molecule has 1 fully saturated rings. The summed E-state index contributed by atoms with van der Waals surface area (Å²) in [6, 6.07) is -0.111.